The Labute approximate surface area is 129 Å². The van der Waals surface area contributed by atoms with Gasteiger partial charge in [0.05, 0.1) is 12.7 Å². The molecule has 1 N–H and O–H groups in total. The summed E-state index contributed by atoms with van der Waals surface area (Å²) in [6, 6.07) is 0. The van der Waals surface area contributed by atoms with Crippen LogP contribution in [0.4, 0.5) is 13.2 Å². The SMILES string of the molecule is O=S(=O)(NCC1CCN(CC(F)(F)F)C1)c1cnc(Cl)s1. The summed E-state index contributed by atoms with van der Waals surface area (Å²) >= 11 is 6.41. The van der Waals surface area contributed by atoms with E-state index in [1.54, 1.807) is 0 Å². The first-order valence-electron chi connectivity index (χ1n) is 6.06. The van der Waals surface area contributed by atoms with Crippen LogP contribution in [0.5, 0.6) is 0 Å². The quantitative estimate of drug-likeness (QED) is 0.868. The Morgan fingerprint density at radius 3 is 2.81 bits per heavy atom. The third kappa shape index (κ3) is 5.06. The molecule has 0 saturated carbocycles. The van der Waals surface area contributed by atoms with E-state index in [-0.39, 0.29) is 27.7 Å². The highest BCUT2D eigenvalue weighted by Gasteiger charge is 2.34. The molecule has 1 fully saturated rings. The lowest BCUT2D eigenvalue weighted by atomic mass is 10.1. The van der Waals surface area contributed by atoms with Crippen molar-refractivity contribution in [1.82, 2.24) is 14.6 Å². The van der Waals surface area contributed by atoms with Gasteiger partial charge in [0.1, 0.15) is 0 Å². The van der Waals surface area contributed by atoms with Crippen LogP contribution in [0.15, 0.2) is 10.4 Å². The largest absolute Gasteiger partial charge is 0.401 e. The molecule has 0 aliphatic carbocycles. The van der Waals surface area contributed by atoms with E-state index in [9.17, 15) is 21.6 Å². The summed E-state index contributed by atoms with van der Waals surface area (Å²) in [6.07, 6.45) is -2.55. The van der Waals surface area contributed by atoms with Crippen molar-refractivity contribution in [2.45, 2.75) is 16.8 Å². The van der Waals surface area contributed by atoms with E-state index < -0.39 is 22.7 Å². The van der Waals surface area contributed by atoms with Gasteiger partial charge in [-0.25, -0.2) is 18.1 Å². The van der Waals surface area contributed by atoms with Crippen molar-refractivity contribution in [2.75, 3.05) is 26.2 Å². The molecule has 5 nitrogen and oxygen atoms in total. The Balaban J connectivity index is 1.84. The molecule has 2 heterocycles. The fourth-order valence-electron chi connectivity index (χ4n) is 2.14. The molecule has 1 aromatic rings. The highest BCUT2D eigenvalue weighted by Crippen LogP contribution is 2.24. The van der Waals surface area contributed by atoms with Crippen LogP contribution in [0, 0.1) is 5.92 Å². The average Bonchev–Trinajstić information content (AvgIpc) is 2.94. The van der Waals surface area contributed by atoms with Crippen molar-refractivity contribution in [1.29, 1.82) is 0 Å². The molecular formula is C10H13ClF3N3O2S2. The van der Waals surface area contributed by atoms with Crippen LogP contribution in [0.25, 0.3) is 0 Å². The second-order valence-electron chi connectivity index (χ2n) is 4.79. The van der Waals surface area contributed by atoms with Gasteiger partial charge in [0, 0.05) is 13.1 Å². The molecule has 11 heteroatoms. The maximum Gasteiger partial charge on any atom is 0.401 e. The van der Waals surface area contributed by atoms with Gasteiger partial charge in [0.15, 0.2) is 8.68 Å². The van der Waals surface area contributed by atoms with E-state index in [0.29, 0.717) is 13.0 Å². The van der Waals surface area contributed by atoms with Crippen molar-refractivity contribution in [2.24, 2.45) is 5.92 Å². The van der Waals surface area contributed by atoms with Crippen LogP contribution < -0.4 is 4.72 Å². The standard InChI is InChI=1S/C10H13ClF3N3O2S2/c11-9-15-4-8(20-9)21(18,19)16-3-7-1-2-17(5-7)6-10(12,13)14/h4,7,16H,1-3,5-6H2. The first kappa shape index (κ1) is 16.9. The molecule has 2 rings (SSSR count). The van der Waals surface area contributed by atoms with Gasteiger partial charge in [0.2, 0.25) is 0 Å². The van der Waals surface area contributed by atoms with E-state index >= 15 is 0 Å². The Hall–Kier alpha value is -0.420. The minimum Gasteiger partial charge on any atom is -0.295 e. The maximum atomic E-state index is 12.3. The summed E-state index contributed by atoms with van der Waals surface area (Å²) < 4.78 is 63.1. The number of rotatable bonds is 5. The molecular weight excluding hydrogens is 351 g/mol. The van der Waals surface area contributed by atoms with Crippen molar-refractivity contribution >= 4 is 33.0 Å². The van der Waals surface area contributed by atoms with Gasteiger partial charge in [-0.3, -0.25) is 4.90 Å². The number of alkyl halides is 3. The Bertz CT molecular complexity index is 591. The molecule has 1 aliphatic heterocycles. The zero-order valence-electron chi connectivity index (χ0n) is 10.7. The van der Waals surface area contributed by atoms with Crippen LogP contribution in [-0.2, 0) is 10.0 Å². The lowest BCUT2D eigenvalue weighted by molar-refractivity contribution is -0.143. The number of aromatic nitrogens is 1. The highest BCUT2D eigenvalue weighted by molar-refractivity contribution is 7.91. The number of hydrogen-bond donors (Lipinski definition) is 1. The average molecular weight is 364 g/mol. The predicted molar refractivity (Wildman–Crippen MR) is 72.9 cm³/mol. The Morgan fingerprint density at radius 1 is 1.52 bits per heavy atom. The van der Waals surface area contributed by atoms with E-state index in [0.717, 1.165) is 17.5 Å². The predicted octanol–water partition coefficient (Wildman–Crippen LogP) is 1.96. The summed E-state index contributed by atoms with van der Waals surface area (Å²) in [5, 5.41) is 0. The van der Waals surface area contributed by atoms with E-state index in [1.165, 1.54) is 4.90 Å². The fourth-order valence-corrected chi connectivity index (χ4v) is 4.59. The number of sulfonamides is 1. The lowest BCUT2D eigenvalue weighted by Crippen LogP contribution is -2.34. The van der Waals surface area contributed by atoms with Crippen LogP contribution in [-0.4, -0.2) is 50.7 Å². The Kier molecular flexibility index (Phi) is 5.14. The first-order valence-corrected chi connectivity index (χ1v) is 8.73. The minimum absolute atomic E-state index is 0.00218. The summed E-state index contributed by atoms with van der Waals surface area (Å²) in [4.78, 5) is 4.93. The van der Waals surface area contributed by atoms with Crippen molar-refractivity contribution in [3.8, 4) is 0 Å². The van der Waals surface area contributed by atoms with Crippen molar-refractivity contribution in [3.63, 3.8) is 0 Å². The minimum atomic E-state index is -4.23. The third-order valence-corrected chi connectivity index (χ3v) is 6.06. The molecule has 1 aromatic heterocycles. The van der Waals surface area contributed by atoms with Crippen LogP contribution >= 0.6 is 22.9 Å². The van der Waals surface area contributed by atoms with Gasteiger partial charge in [-0.15, -0.1) is 0 Å². The van der Waals surface area contributed by atoms with E-state index in [4.69, 9.17) is 11.6 Å². The smallest absolute Gasteiger partial charge is 0.295 e. The number of hydrogen-bond acceptors (Lipinski definition) is 5. The molecule has 0 amide bonds. The highest BCUT2D eigenvalue weighted by atomic mass is 35.5. The zero-order chi connectivity index (χ0) is 15.7. The molecule has 0 spiro atoms. The zero-order valence-corrected chi connectivity index (χ0v) is 13.1. The molecule has 0 bridgehead atoms. The first-order chi connectivity index (χ1) is 9.66. The molecule has 1 unspecified atom stereocenters. The molecule has 0 radical (unpaired) electrons. The molecule has 0 aromatic carbocycles. The van der Waals surface area contributed by atoms with Crippen LogP contribution in [0.2, 0.25) is 4.47 Å². The van der Waals surface area contributed by atoms with Gasteiger partial charge >= 0.3 is 6.18 Å². The van der Waals surface area contributed by atoms with Crippen molar-refractivity contribution < 1.29 is 21.6 Å². The topological polar surface area (TPSA) is 62.3 Å². The molecule has 1 saturated heterocycles. The number of halogens is 4. The van der Waals surface area contributed by atoms with Crippen molar-refractivity contribution in [3.05, 3.63) is 10.7 Å². The summed E-state index contributed by atoms with van der Waals surface area (Å²) in [5.74, 6) is -0.134. The summed E-state index contributed by atoms with van der Waals surface area (Å²) in [6.45, 7) is -0.309. The maximum absolute atomic E-state index is 12.3. The summed E-state index contributed by atoms with van der Waals surface area (Å²) in [7, 11) is -3.70. The molecule has 21 heavy (non-hydrogen) atoms. The number of nitrogens with one attached hydrogen (secondary N) is 1. The molecule has 1 atom stereocenters. The monoisotopic (exact) mass is 363 g/mol. The fraction of sp³-hybridized carbons (Fsp3) is 0.700. The Morgan fingerprint density at radius 2 is 2.24 bits per heavy atom. The van der Waals surface area contributed by atoms with Gasteiger partial charge in [-0.05, 0) is 18.9 Å². The molecule has 1 aliphatic rings. The number of thiazole rings is 1. The number of nitrogens with zero attached hydrogens (tertiary/aromatic N) is 2. The third-order valence-electron chi connectivity index (χ3n) is 3.06. The van der Waals surface area contributed by atoms with E-state index in [2.05, 4.69) is 9.71 Å². The molecule has 120 valence electrons. The van der Waals surface area contributed by atoms with Crippen LogP contribution in [0.1, 0.15) is 6.42 Å². The summed E-state index contributed by atoms with van der Waals surface area (Å²) in [5.41, 5.74) is 0. The van der Waals surface area contributed by atoms with Gasteiger partial charge in [0.25, 0.3) is 10.0 Å². The van der Waals surface area contributed by atoms with E-state index in [1.807, 2.05) is 0 Å². The lowest BCUT2D eigenvalue weighted by Gasteiger charge is -2.17. The second-order valence-corrected chi connectivity index (χ2v) is 8.40. The second kappa shape index (κ2) is 6.37. The van der Waals surface area contributed by atoms with Gasteiger partial charge in [-0.1, -0.05) is 22.9 Å². The van der Waals surface area contributed by atoms with Crippen LogP contribution in [0.3, 0.4) is 0 Å². The normalized spacial score (nSPS) is 21.0. The number of likely N-dealkylation sites (tertiary alicyclic amines) is 1. The van der Waals surface area contributed by atoms with Gasteiger partial charge < -0.3 is 0 Å². The van der Waals surface area contributed by atoms with Gasteiger partial charge in [-0.2, -0.15) is 13.2 Å².